The summed E-state index contributed by atoms with van der Waals surface area (Å²) in [4.78, 5) is 19.1. The standard InChI is InChI=1S/C18H37.C4H4O4.Na/c1-3-5-7-9-11-13-15-17-18-16-14-12-10-8-6-4-2;5-3(6)1-2-4(7)8;/h1,3-18H2,2H3;1-2H,(H,5,6)(H,7,8);/q-1;;+1/b;2-1+;. The maximum absolute atomic E-state index is 9.55. The van der Waals surface area contributed by atoms with E-state index in [1.807, 2.05) is 0 Å². The zero-order valence-electron chi connectivity index (χ0n) is 17.9. The zero-order chi connectivity index (χ0) is 19.9. The number of unbranched alkanes of at least 4 members (excludes halogenated alkanes) is 15. The smallest absolute Gasteiger partial charge is 0.478 e. The predicted octanol–water partition coefficient (Wildman–Crippen LogP) is 3.80. The predicted molar refractivity (Wildman–Crippen MR) is 109 cm³/mol. The molecule has 0 saturated heterocycles. The van der Waals surface area contributed by atoms with Crippen molar-refractivity contribution in [1.82, 2.24) is 0 Å². The first-order valence-corrected chi connectivity index (χ1v) is 10.5. The van der Waals surface area contributed by atoms with Crippen molar-refractivity contribution in [2.24, 2.45) is 0 Å². The molecule has 0 heterocycles. The van der Waals surface area contributed by atoms with Gasteiger partial charge in [0.05, 0.1) is 0 Å². The minimum atomic E-state index is -1.26. The first-order valence-electron chi connectivity index (χ1n) is 10.5. The van der Waals surface area contributed by atoms with E-state index in [0.717, 1.165) is 6.42 Å². The summed E-state index contributed by atoms with van der Waals surface area (Å²) in [6.07, 6.45) is 23.9. The average molecular weight is 393 g/mol. The van der Waals surface area contributed by atoms with Gasteiger partial charge in [0.2, 0.25) is 0 Å². The molecule has 0 aromatic carbocycles. The van der Waals surface area contributed by atoms with Crippen LogP contribution in [-0.2, 0) is 9.59 Å². The molecule has 0 fully saturated rings. The van der Waals surface area contributed by atoms with Gasteiger partial charge in [0.1, 0.15) is 0 Å². The van der Waals surface area contributed by atoms with E-state index in [-0.39, 0.29) is 29.6 Å². The molecule has 0 aromatic heterocycles. The summed E-state index contributed by atoms with van der Waals surface area (Å²) < 4.78 is 0. The first-order chi connectivity index (χ1) is 12.5. The molecule has 0 rings (SSSR count). The van der Waals surface area contributed by atoms with Crippen LogP contribution < -0.4 is 29.6 Å². The average Bonchev–Trinajstić information content (AvgIpc) is 2.61. The number of carboxylic acids is 2. The van der Waals surface area contributed by atoms with Crippen LogP contribution in [0.3, 0.4) is 0 Å². The molecule has 0 spiro atoms. The summed E-state index contributed by atoms with van der Waals surface area (Å²) in [6.45, 7) is 6.18. The van der Waals surface area contributed by atoms with Crippen molar-refractivity contribution in [3.05, 3.63) is 19.1 Å². The molecular formula is C22H41NaO4. The number of rotatable bonds is 17. The van der Waals surface area contributed by atoms with E-state index in [0.29, 0.717) is 12.2 Å². The van der Waals surface area contributed by atoms with Crippen molar-refractivity contribution in [2.75, 3.05) is 0 Å². The Balaban J connectivity index is -0.000000542. The fourth-order valence-corrected chi connectivity index (χ4v) is 2.69. The molecule has 0 amide bonds. The van der Waals surface area contributed by atoms with Crippen molar-refractivity contribution < 1.29 is 49.4 Å². The molecule has 0 aliphatic heterocycles. The van der Waals surface area contributed by atoms with E-state index in [4.69, 9.17) is 10.2 Å². The molecule has 2 N–H and O–H groups in total. The zero-order valence-corrected chi connectivity index (χ0v) is 19.9. The van der Waals surface area contributed by atoms with Gasteiger partial charge in [-0.25, -0.2) is 9.59 Å². The normalized spacial score (nSPS) is 10.1. The minimum Gasteiger partial charge on any atom is -0.478 e. The Kier molecular flexibility index (Phi) is 32.4. The Morgan fingerprint density at radius 3 is 1.11 bits per heavy atom. The van der Waals surface area contributed by atoms with Crippen LogP contribution in [0.5, 0.6) is 0 Å². The number of hydrogen-bond donors (Lipinski definition) is 2. The van der Waals surface area contributed by atoms with Crippen molar-refractivity contribution in [3.8, 4) is 0 Å². The van der Waals surface area contributed by atoms with Gasteiger partial charge < -0.3 is 17.1 Å². The van der Waals surface area contributed by atoms with Crippen LogP contribution in [-0.4, -0.2) is 22.2 Å². The second-order valence-corrected chi connectivity index (χ2v) is 6.81. The summed E-state index contributed by atoms with van der Waals surface area (Å²) in [5.74, 6) is -2.51. The van der Waals surface area contributed by atoms with Crippen molar-refractivity contribution in [3.63, 3.8) is 0 Å². The van der Waals surface area contributed by atoms with E-state index in [1.165, 1.54) is 96.3 Å². The van der Waals surface area contributed by atoms with Gasteiger partial charge in [0.25, 0.3) is 0 Å². The van der Waals surface area contributed by atoms with Crippen LogP contribution in [0.2, 0.25) is 0 Å². The summed E-state index contributed by atoms with van der Waals surface area (Å²) in [5.41, 5.74) is 0. The molecule has 0 aliphatic rings. The molecule has 154 valence electrons. The van der Waals surface area contributed by atoms with Gasteiger partial charge in [-0.15, -0.1) is 0 Å². The van der Waals surface area contributed by atoms with Gasteiger partial charge in [-0.05, 0) is 0 Å². The molecule has 0 aromatic rings. The molecule has 5 heteroatoms. The van der Waals surface area contributed by atoms with Gasteiger partial charge in [-0.1, -0.05) is 103 Å². The topological polar surface area (TPSA) is 74.6 Å². The van der Waals surface area contributed by atoms with Crippen LogP contribution in [0.4, 0.5) is 0 Å². The van der Waals surface area contributed by atoms with Crippen molar-refractivity contribution in [1.29, 1.82) is 0 Å². The second kappa shape index (κ2) is 27.9. The Morgan fingerprint density at radius 1 is 0.630 bits per heavy atom. The molecule has 0 bridgehead atoms. The van der Waals surface area contributed by atoms with E-state index >= 15 is 0 Å². The molecule has 0 radical (unpaired) electrons. The third-order valence-corrected chi connectivity index (χ3v) is 4.22. The Hall–Kier alpha value is -0.320. The maximum atomic E-state index is 9.55. The fourth-order valence-electron chi connectivity index (χ4n) is 2.69. The fraction of sp³-hybridized carbons (Fsp3) is 0.773. The van der Waals surface area contributed by atoms with Gasteiger partial charge in [-0.2, -0.15) is 6.42 Å². The largest absolute Gasteiger partial charge is 1.00 e. The molecule has 0 atom stereocenters. The van der Waals surface area contributed by atoms with Gasteiger partial charge >= 0.3 is 41.5 Å². The van der Waals surface area contributed by atoms with E-state index in [2.05, 4.69) is 13.8 Å². The third kappa shape index (κ3) is 37.2. The second-order valence-electron chi connectivity index (χ2n) is 6.81. The number of hydrogen-bond acceptors (Lipinski definition) is 2. The number of carboxylic acid groups (broad SMARTS) is 2. The molecule has 4 nitrogen and oxygen atoms in total. The SMILES string of the molecule is O=C(O)/C=C/C(=O)O.[CH2-]CCCCCCCCCCCCCCCCC.[Na+]. The Bertz CT molecular complexity index is 311. The van der Waals surface area contributed by atoms with Gasteiger partial charge in [0, 0.05) is 12.2 Å². The summed E-state index contributed by atoms with van der Waals surface area (Å²) in [5, 5.41) is 15.6. The molecule has 0 aliphatic carbocycles. The van der Waals surface area contributed by atoms with Crippen LogP contribution in [0.25, 0.3) is 0 Å². The summed E-state index contributed by atoms with van der Waals surface area (Å²) in [7, 11) is 0. The van der Waals surface area contributed by atoms with E-state index < -0.39 is 11.9 Å². The van der Waals surface area contributed by atoms with E-state index in [1.54, 1.807) is 0 Å². The van der Waals surface area contributed by atoms with E-state index in [9.17, 15) is 9.59 Å². The monoisotopic (exact) mass is 392 g/mol. The molecule has 27 heavy (non-hydrogen) atoms. The number of carbonyl (C=O) groups is 2. The summed E-state index contributed by atoms with van der Waals surface area (Å²) in [6, 6.07) is 0. The third-order valence-electron chi connectivity index (χ3n) is 4.22. The van der Waals surface area contributed by atoms with Crippen molar-refractivity contribution in [2.45, 2.75) is 110 Å². The Labute approximate surface area is 189 Å². The van der Waals surface area contributed by atoms with Crippen LogP contribution in [0.1, 0.15) is 110 Å². The quantitative estimate of drug-likeness (QED) is 0.171. The van der Waals surface area contributed by atoms with Crippen LogP contribution >= 0.6 is 0 Å². The summed E-state index contributed by atoms with van der Waals surface area (Å²) >= 11 is 0. The van der Waals surface area contributed by atoms with Gasteiger partial charge in [0.15, 0.2) is 0 Å². The van der Waals surface area contributed by atoms with Crippen LogP contribution in [0.15, 0.2) is 12.2 Å². The first kappa shape index (κ1) is 31.4. The molecular weight excluding hydrogens is 351 g/mol. The maximum Gasteiger partial charge on any atom is 1.00 e. The van der Waals surface area contributed by atoms with Crippen LogP contribution in [0, 0.1) is 6.92 Å². The van der Waals surface area contributed by atoms with Gasteiger partial charge in [-0.3, -0.25) is 0 Å². The molecule has 0 unspecified atom stereocenters. The Morgan fingerprint density at radius 2 is 0.889 bits per heavy atom. The number of aliphatic carboxylic acids is 2. The minimum absolute atomic E-state index is 0. The van der Waals surface area contributed by atoms with Crippen molar-refractivity contribution >= 4 is 11.9 Å². The molecule has 0 saturated carbocycles.